The van der Waals surface area contributed by atoms with Gasteiger partial charge in [-0.15, -0.1) is 5.10 Å². The van der Waals surface area contributed by atoms with Crippen LogP contribution in [0, 0.1) is 0 Å². The Bertz CT molecular complexity index is 780. The van der Waals surface area contributed by atoms with Gasteiger partial charge >= 0.3 is 5.97 Å². The van der Waals surface area contributed by atoms with Crippen LogP contribution in [0.5, 0.6) is 0 Å². The highest BCUT2D eigenvalue weighted by molar-refractivity contribution is 7.99. The molecule has 8 nitrogen and oxygen atoms in total. The molecule has 0 fully saturated rings. The molecule has 0 radical (unpaired) electrons. The van der Waals surface area contributed by atoms with Crippen LogP contribution in [0.3, 0.4) is 0 Å². The fourth-order valence-corrected chi connectivity index (χ4v) is 2.79. The number of nitrogens with zero attached hydrogens (tertiary/aromatic N) is 4. The van der Waals surface area contributed by atoms with Gasteiger partial charge in [0.15, 0.2) is 0 Å². The number of carbonyl (C=O) groups excluding carboxylic acids is 1. The Labute approximate surface area is 135 Å². The maximum absolute atomic E-state index is 11.4. The number of tetrazole rings is 1. The van der Waals surface area contributed by atoms with E-state index in [2.05, 4.69) is 20.3 Å². The van der Waals surface area contributed by atoms with Gasteiger partial charge in [-0.05, 0) is 41.6 Å². The van der Waals surface area contributed by atoms with Crippen LogP contribution in [0.4, 0.5) is 0 Å². The zero-order chi connectivity index (χ0) is 16.2. The number of aromatic nitrogens is 4. The molecule has 0 N–H and O–H groups in total. The standard InChI is InChI=1S/C14H14N4O4S/c1-9(11-5-6-12(22-11)13(19)20-2)23-14-15-16-17-18(14)8-10-4-3-7-21-10/h3-7,9H,8H2,1-2H3. The first-order valence-electron chi connectivity index (χ1n) is 6.80. The summed E-state index contributed by atoms with van der Waals surface area (Å²) in [5, 5.41) is 12.2. The highest BCUT2D eigenvalue weighted by Crippen LogP contribution is 2.34. The van der Waals surface area contributed by atoms with E-state index < -0.39 is 5.97 Å². The third kappa shape index (κ3) is 3.45. The molecule has 0 saturated carbocycles. The van der Waals surface area contributed by atoms with Crippen LogP contribution in [0.1, 0.15) is 34.2 Å². The predicted molar refractivity (Wildman–Crippen MR) is 79.9 cm³/mol. The minimum Gasteiger partial charge on any atom is -0.467 e. The summed E-state index contributed by atoms with van der Waals surface area (Å²) in [5.74, 6) is 1.07. The minimum absolute atomic E-state index is 0.0743. The molecule has 0 aliphatic heterocycles. The van der Waals surface area contributed by atoms with Crippen LogP contribution in [0.25, 0.3) is 0 Å². The molecular weight excluding hydrogens is 320 g/mol. The summed E-state index contributed by atoms with van der Waals surface area (Å²) < 4.78 is 17.1. The van der Waals surface area contributed by atoms with Crippen LogP contribution < -0.4 is 0 Å². The normalized spacial score (nSPS) is 12.3. The largest absolute Gasteiger partial charge is 0.467 e. The Morgan fingerprint density at radius 3 is 3.04 bits per heavy atom. The molecule has 1 atom stereocenters. The fourth-order valence-electron chi connectivity index (χ4n) is 1.93. The molecule has 23 heavy (non-hydrogen) atoms. The zero-order valence-electron chi connectivity index (χ0n) is 12.5. The smallest absolute Gasteiger partial charge is 0.373 e. The Hall–Kier alpha value is -2.55. The fraction of sp³-hybridized carbons (Fsp3) is 0.286. The van der Waals surface area contributed by atoms with Crippen LogP contribution in [-0.4, -0.2) is 33.3 Å². The Balaban J connectivity index is 1.71. The van der Waals surface area contributed by atoms with Crippen molar-refractivity contribution in [2.75, 3.05) is 7.11 Å². The molecule has 0 saturated heterocycles. The summed E-state index contributed by atoms with van der Waals surface area (Å²) in [6, 6.07) is 7.00. The molecule has 3 aromatic heterocycles. The highest BCUT2D eigenvalue weighted by Gasteiger charge is 2.19. The zero-order valence-corrected chi connectivity index (χ0v) is 13.3. The van der Waals surface area contributed by atoms with E-state index in [0.29, 0.717) is 17.5 Å². The second-order valence-electron chi connectivity index (χ2n) is 4.65. The second-order valence-corrected chi connectivity index (χ2v) is 5.96. The minimum atomic E-state index is -0.504. The van der Waals surface area contributed by atoms with E-state index in [-0.39, 0.29) is 11.0 Å². The van der Waals surface area contributed by atoms with E-state index in [0.717, 1.165) is 5.76 Å². The number of esters is 1. The molecular formula is C14H14N4O4S. The first-order valence-corrected chi connectivity index (χ1v) is 7.68. The van der Waals surface area contributed by atoms with Gasteiger partial charge in [0.2, 0.25) is 10.9 Å². The van der Waals surface area contributed by atoms with Gasteiger partial charge in [0.25, 0.3) is 0 Å². The Morgan fingerprint density at radius 1 is 1.43 bits per heavy atom. The predicted octanol–water partition coefficient (Wildman–Crippen LogP) is 2.55. The van der Waals surface area contributed by atoms with Crippen molar-refractivity contribution in [2.24, 2.45) is 0 Å². The molecule has 0 amide bonds. The van der Waals surface area contributed by atoms with E-state index in [1.54, 1.807) is 23.1 Å². The van der Waals surface area contributed by atoms with Gasteiger partial charge in [0, 0.05) is 0 Å². The molecule has 0 aromatic carbocycles. The number of carbonyl (C=O) groups is 1. The third-order valence-electron chi connectivity index (χ3n) is 3.08. The maximum atomic E-state index is 11.4. The summed E-state index contributed by atoms with van der Waals surface area (Å²) in [6.07, 6.45) is 1.60. The Kier molecular flexibility index (Phi) is 4.47. The first-order chi connectivity index (χ1) is 11.2. The molecule has 3 heterocycles. The summed E-state index contributed by atoms with van der Waals surface area (Å²) in [7, 11) is 1.31. The lowest BCUT2D eigenvalue weighted by atomic mass is 10.3. The van der Waals surface area contributed by atoms with E-state index in [4.69, 9.17) is 8.83 Å². The van der Waals surface area contributed by atoms with E-state index >= 15 is 0 Å². The van der Waals surface area contributed by atoms with Crippen molar-refractivity contribution in [3.63, 3.8) is 0 Å². The van der Waals surface area contributed by atoms with Crippen LogP contribution >= 0.6 is 11.8 Å². The lowest BCUT2D eigenvalue weighted by Crippen LogP contribution is -2.03. The number of ether oxygens (including phenoxy) is 1. The van der Waals surface area contributed by atoms with Crippen molar-refractivity contribution in [1.29, 1.82) is 0 Å². The quantitative estimate of drug-likeness (QED) is 0.501. The van der Waals surface area contributed by atoms with Crippen molar-refractivity contribution in [1.82, 2.24) is 20.2 Å². The van der Waals surface area contributed by atoms with E-state index in [9.17, 15) is 4.79 Å². The highest BCUT2D eigenvalue weighted by atomic mass is 32.2. The van der Waals surface area contributed by atoms with Gasteiger partial charge in [-0.3, -0.25) is 0 Å². The number of rotatable bonds is 6. The van der Waals surface area contributed by atoms with Crippen LogP contribution in [0.2, 0.25) is 0 Å². The molecule has 0 aliphatic rings. The van der Waals surface area contributed by atoms with Gasteiger partial charge in [0.1, 0.15) is 18.1 Å². The SMILES string of the molecule is COC(=O)c1ccc(C(C)Sc2nnnn2Cc2ccco2)o1. The van der Waals surface area contributed by atoms with Crippen molar-refractivity contribution < 1.29 is 18.4 Å². The first kappa shape index (κ1) is 15.3. The topological polar surface area (TPSA) is 96.2 Å². The number of thioether (sulfide) groups is 1. The second kappa shape index (κ2) is 6.69. The number of furan rings is 2. The lowest BCUT2D eigenvalue weighted by Gasteiger charge is -2.07. The van der Waals surface area contributed by atoms with Crippen LogP contribution in [-0.2, 0) is 11.3 Å². The van der Waals surface area contributed by atoms with Crippen molar-refractivity contribution in [3.05, 3.63) is 47.8 Å². The molecule has 120 valence electrons. The Morgan fingerprint density at radius 2 is 2.30 bits per heavy atom. The van der Waals surface area contributed by atoms with Gasteiger partial charge in [-0.2, -0.15) is 0 Å². The van der Waals surface area contributed by atoms with E-state index in [1.165, 1.54) is 18.9 Å². The molecule has 0 aliphatic carbocycles. The maximum Gasteiger partial charge on any atom is 0.373 e. The van der Waals surface area contributed by atoms with Gasteiger partial charge in [0.05, 0.1) is 18.6 Å². The van der Waals surface area contributed by atoms with Crippen molar-refractivity contribution in [2.45, 2.75) is 23.9 Å². The lowest BCUT2D eigenvalue weighted by molar-refractivity contribution is 0.0563. The van der Waals surface area contributed by atoms with Gasteiger partial charge < -0.3 is 13.6 Å². The molecule has 3 aromatic rings. The average molecular weight is 334 g/mol. The molecule has 0 spiro atoms. The number of hydrogen-bond donors (Lipinski definition) is 0. The van der Waals surface area contributed by atoms with Crippen molar-refractivity contribution in [3.8, 4) is 0 Å². The molecule has 1 unspecified atom stereocenters. The third-order valence-corrected chi connectivity index (χ3v) is 4.17. The molecule has 9 heteroatoms. The van der Waals surface area contributed by atoms with Crippen LogP contribution in [0.15, 0.2) is 44.5 Å². The summed E-state index contributed by atoms with van der Waals surface area (Å²) >= 11 is 1.42. The summed E-state index contributed by atoms with van der Waals surface area (Å²) in [4.78, 5) is 11.4. The van der Waals surface area contributed by atoms with Crippen molar-refractivity contribution >= 4 is 17.7 Å². The summed E-state index contributed by atoms with van der Waals surface area (Å²) in [5.41, 5.74) is 0. The summed E-state index contributed by atoms with van der Waals surface area (Å²) in [6.45, 7) is 2.39. The van der Waals surface area contributed by atoms with Gasteiger partial charge in [-0.1, -0.05) is 11.8 Å². The molecule has 3 rings (SSSR count). The molecule has 0 bridgehead atoms. The average Bonchev–Trinajstić information content (AvgIpc) is 3.28. The van der Waals surface area contributed by atoms with Gasteiger partial charge in [-0.25, -0.2) is 9.48 Å². The van der Waals surface area contributed by atoms with E-state index in [1.807, 2.05) is 19.1 Å². The monoisotopic (exact) mass is 334 g/mol. The number of hydrogen-bond acceptors (Lipinski definition) is 8. The number of methoxy groups -OCH3 is 1.